The molecule has 0 aromatic heterocycles. The molecule has 0 unspecified atom stereocenters. The summed E-state index contributed by atoms with van der Waals surface area (Å²) >= 11 is 0. The van der Waals surface area contributed by atoms with Gasteiger partial charge in [-0.15, -0.1) is 0 Å². The van der Waals surface area contributed by atoms with Gasteiger partial charge in [-0.2, -0.15) is 0 Å². The molecule has 0 bridgehead atoms. The monoisotopic (exact) mass is 382 g/mol. The van der Waals surface area contributed by atoms with Crippen molar-refractivity contribution in [1.82, 2.24) is 0 Å². The number of carbonyl (C=O) groups is 2. The second-order valence-corrected chi connectivity index (χ2v) is 6.92. The molecule has 0 spiro atoms. The van der Waals surface area contributed by atoms with Crippen molar-refractivity contribution in [2.24, 2.45) is 0 Å². The molecular weight excluding hydrogens is 340 g/mol. The summed E-state index contributed by atoms with van der Waals surface area (Å²) in [5.41, 5.74) is 0.645. The third kappa shape index (κ3) is 24.4. The highest BCUT2D eigenvalue weighted by Crippen LogP contribution is 2.14. The highest BCUT2D eigenvalue weighted by Gasteiger charge is 2.07. The molecule has 0 radical (unpaired) electrons. The highest BCUT2D eigenvalue weighted by molar-refractivity contribution is 5.87. The van der Waals surface area contributed by atoms with Crippen LogP contribution in [0.15, 0.2) is 24.8 Å². The average molecular weight is 383 g/mol. The number of carbonyl (C=O) groups excluding carboxylic acids is 1. The highest BCUT2D eigenvalue weighted by atomic mass is 16.5. The predicted octanol–water partition coefficient (Wildman–Crippen LogP) is 6.84. The summed E-state index contributed by atoms with van der Waals surface area (Å²) in [7, 11) is 0. The van der Waals surface area contributed by atoms with Crippen LogP contribution >= 0.6 is 0 Å². The lowest BCUT2D eigenvalue weighted by molar-refractivity contribution is -0.139. The van der Waals surface area contributed by atoms with Gasteiger partial charge < -0.3 is 9.84 Å². The van der Waals surface area contributed by atoms with Crippen molar-refractivity contribution in [3.05, 3.63) is 24.8 Å². The molecule has 0 saturated heterocycles. The summed E-state index contributed by atoms with van der Waals surface area (Å²) in [5.74, 6) is -1.18. The van der Waals surface area contributed by atoms with Crippen LogP contribution in [0.2, 0.25) is 0 Å². The van der Waals surface area contributed by atoms with E-state index < -0.39 is 5.97 Å². The van der Waals surface area contributed by atoms with Crippen molar-refractivity contribution < 1.29 is 19.4 Å². The molecule has 0 aliphatic heterocycles. The predicted molar refractivity (Wildman–Crippen MR) is 114 cm³/mol. The lowest BCUT2D eigenvalue weighted by atomic mass is 10.0. The van der Waals surface area contributed by atoms with Crippen molar-refractivity contribution in [2.45, 2.75) is 104 Å². The van der Waals surface area contributed by atoms with E-state index in [0.29, 0.717) is 12.2 Å². The first kappa shape index (κ1) is 27.6. The smallest absolute Gasteiger partial charge is 0.333 e. The van der Waals surface area contributed by atoms with E-state index in [0.717, 1.165) is 31.8 Å². The normalized spacial score (nSPS) is 9.85. The van der Waals surface area contributed by atoms with Gasteiger partial charge in [-0.25, -0.2) is 9.59 Å². The summed E-state index contributed by atoms with van der Waals surface area (Å²) in [6.45, 7) is 11.7. The third-order valence-corrected chi connectivity index (χ3v) is 4.28. The number of ether oxygens (including phenoxy) is 1. The van der Waals surface area contributed by atoms with Crippen molar-refractivity contribution in [3.63, 3.8) is 0 Å². The molecule has 0 aromatic rings. The van der Waals surface area contributed by atoms with Crippen LogP contribution in [0.4, 0.5) is 0 Å². The maximum atomic E-state index is 11.6. The van der Waals surface area contributed by atoms with Crippen LogP contribution in [0.25, 0.3) is 0 Å². The molecule has 0 fully saturated rings. The number of esters is 1. The molecule has 0 rings (SSSR count). The van der Waals surface area contributed by atoms with Crippen LogP contribution in [0.1, 0.15) is 104 Å². The zero-order valence-electron chi connectivity index (χ0n) is 17.8. The van der Waals surface area contributed by atoms with Crippen LogP contribution in [0, 0.1) is 0 Å². The maximum Gasteiger partial charge on any atom is 0.333 e. The Kier molecular flexibility index (Phi) is 23.0. The second-order valence-electron chi connectivity index (χ2n) is 6.92. The van der Waals surface area contributed by atoms with E-state index in [2.05, 4.69) is 27.0 Å². The van der Waals surface area contributed by atoms with Crippen LogP contribution in [-0.2, 0) is 14.3 Å². The van der Waals surface area contributed by atoms with E-state index in [1.54, 1.807) is 0 Å². The van der Waals surface area contributed by atoms with Gasteiger partial charge in [0.1, 0.15) is 0 Å². The van der Waals surface area contributed by atoms with E-state index in [1.807, 2.05) is 0 Å². The van der Waals surface area contributed by atoms with E-state index >= 15 is 0 Å². The van der Waals surface area contributed by atoms with Crippen molar-refractivity contribution in [1.29, 1.82) is 0 Å². The SMILES string of the molecule is C=C(CCCCCCCCCCCCC)C(=O)OCCCC.C=CC(=O)O. The Morgan fingerprint density at radius 1 is 0.815 bits per heavy atom. The molecule has 27 heavy (non-hydrogen) atoms. The Bertz CT molecular complexity index is 388. The summed E-state index contributed by atoms with van der Waals surface area (Å²) < 4.78 is 5.16. The summed E-state index contributed by atoms with van der Waals surface area (Å²) in [4.78, 5) is 20.9. The molecule has 0 heterocycles. The number of hydrogen-bond donors (Lipinski definition) is 1. The summed E-state index contributed by atoms with van der Waals surface area (Å²) in [6, 6.07) is 0. The van der Waals surface area contributed by atoms with Crippen molar-refractivity contribution in [3.8, 4) is 0 Å². The lowest BCUT2D eigenvalue weighted by Gasteiger charge is -2.06. The largest absolute Gasteiger partial charge is 0.478 e. The van der Waals surface area contributed by atoms with E-state index in [4.69, 9.17) is 9.84 Å². The minimum absolute atomic E-state index is 0.194. The molecular formula is C23H42O4. The van der Waals surface area contributed by atoms with Crippen LogP contribution in [0.5, 0.6) is 0 Å². The van der Waals surface area contributed by atoms with Crippen molar-refractivity contribution >= 4 is 11.9 Å². The lowest BCUT2D eigenvalue weighted by Crippen LogP contribution is -2.08. The first-order valence-electron chi connectivity index (χ1n) is 10.7. The van der Waals surface area contributed by atoms with Gasteiger partial charge in [0.05, 0.1) is 6.61 Å². The van der Waals surface area contributed by atoms with Gasteiger partial charge in [0, 0.05) is 11.6 Å². The fraction of sp³-hybridized carbons (Fsp3) is 0.739. The van der Waals surface area contributed by atoms with Gasteiger partial charge in [0.2, 0.25) is 0 Å². The molecule has 0 amide bonds. The molecule has 4 nitrogen and oxygen atoms in total. The van der Waals surface area contributed by atoms with Crippen LogP contribution < -0.4 is 0 Å². The first-order valence-corrected chi connectivity index (χ1v) is 10.7. The van der Waals surface area contributed by atoms with Crippen LogP contribution in [-0.4, -0.2) is 23.7 Å². The fourth-order valence-corrected chi connectivity index (χ4v) is 2.52. The Balaban J connectivity index is 0. The molecule has 1 N–H and O–H groups in total. The second kappa shape index (κ2) is 22.5. The van der Waals surface area contributed by atoms with Gasteiger partial charge in [-0.3, -0.25) is 0 Å². The Hall–Kier alpha value is -1.58. The number of unbranched alkanes of at least 4 members (excludes halogenated alkanes) is 11. The molecule has 0 atom stereocenters. The van der Waals surface area contributed by atoms with Crippen LogP contribution in [0.3, 0.4) is 0 Å². The minimum Gasteiger partial charge on any atom is -0.478 e. The number of aliphatic carboxylic acids is 1. The standard InChI is InChI=1S/C20H38O2.C3H4O2/c1-4-6-8-9-10-11-12-13-14-15-16-17-19(3)20(21)22-18-7-5-2;1-2-3(4)5/h3-18H2,1-2H3;2H,1H2,(H,4,5). The third-order valence-electron chi connectivity index (χ3n) is 4.28. The minimum atomic E-state index is -0.981. The van der Waals surface area contributed by atoms with E-state index in [-0.39, 0.29) is 5.97 Å². The van der Waals surface area contributed by atoms with E-state index in [9.17, 15) is 9.59 Å². The summed E-state index contributed by atoms with van der Waals surface area (Å²) in [6.07, 6.45) is 18.2. The molecule has 0 aliphatic carbocycles. The molecule has 0 saturated carbocycles. The van der Waals surface area contributed by atoms with Gasteiger partial charge in [-0.05, 0) is 19.3 Å². The number of hydrogen-bond acceptors (Lipinski definition) is 3. The fourth-order valence-electron chi connectivity index (χ4n) is 2.52. The number of carboxylic acids is 1. The zero-order chi connectivity index (χ0) is 20.8. The Morgan fingerprint density at radius 2 is 1.22 bits per heavy atom. The Morgan fingerprint density at radius 3 is 1.63 bits per heavy atom. The zero-order valence-corrected chi connectivity index (χ0v) is 17.8. The van der Waals surface area contributed by atoms with Gasteiger partial charge in [0.25, 0.3) is 0 Å². The average Bonchev–Trinajstić information content (AvgIpc) is 2.66. The Labute approximate surface area is 167 Å². The number of carboxylic acid groups (broad SMARTS) is 1. The number of rotatable bonds is 17. The molecule has 158 valence electrons. The molecule has 0 aliphatic rings. The maximum absolute atomic E-state index is 11.6. The van der Waals surface area contributed by atoms with Gasteiger partial charge in [0.15, 0.2) is 0 Å². The first-order chi connectivity index (χ1) is 13.0. The quantitative estimate of drug-likeness (QED) is 0.170. The van der Waals surface area contributed by atoms with Gasteiger partial charge >= 0.3 is 11.9 Å². The van der Waals surface area contributed by atoms with Crippen molar-refractivity contribution in [2.75, 3.05) is 6.61 Å². The molecule has 4 heteroatoms. The topological polar surface area (TPSA) is 63.6 Å². The van der Waals surface area contributed by atoms with Gasteiger partial charge in [-0.1, -0.05) is 97.6 Å². The molecule has 0 aromatic carbocycles. The van der Waals surface area contributed by atoms with E-state index in [1.165, 1.54) is 64.2 Å². The summed E-state index contributed by atoms with van der Waals surface area (Å²) in [5, 5.41) is 7.60.